The molecule has 2 N–H and O–H groups in total. The third-order valence-electron chi connectivity index (χ3n) is 3.30. The normalized spacial score (nSPS) is 11.2. The molecule has 0 bridgehead atoms. The van der Waals surface area contributed by atoms with Crippen LogP contribution in [0.25, 0.3) is 11.0 Å². The molecule has 0 aliphatic rings. The van der Waals surface area contributed by atoms with Crippen molar-refractivity contribution in [3.05, 3.63) is 59.4 Å². The molecular weight excluding hydrogens is 260 g/mol. The summed E-state index contributed by atoms with van der Waals surface area (Å²) in [6.07, 6.45) is 0. The van der Waals surface area contributed by atoms with Crippen LogP contribution in [0.3, 0.4) is 0 Å². The third kappa shape index (κ3) is 2.11. The highest BCUT2D eigenvalue weighted by atomic mass is 19.1. The number of nitrogens with zero attached hydrogens (tertiary/aromatic N) is 2. The lowest BCUT2D eigenvalue weighted by atomic mass is 10.2. The number of fused-ring (bicyclic) bond motifs is 1. The lowest BCUT2D eigenvalue weighted by Gasteiger charge is -2.08. The van der Waals surface area contributed by atoms with Crippen LogP contribution in [0.1, 0.15) is 11.4 Å². The van der Waals surface area contributed by atoms with E-state index in [1.165, 1.54) is 6.07 Å². The maximum Gasteiger partial charge on any atom is 0.128 e. The van der Waals surface area contributed by atoms with Gasteiger partial charge < -0.3 is 10.3 Å². The highest BCUT2D eigenvalue weighted by Crippen LogP contribution is 2.21. The van der Waals surface area contributed by atoms with E-state index in [1.807, 2.05) is 17.6 Å². The van der Waals surface area contributed by atoms with Gasteiger partial charge in [0.05, 0.1) is 17.6 Å². The second-order valence-electron chi connectivity index (χ2n) is 4.73. The molecule has 0 saturated carbocycles. The van der Waals surface area contributed by atoms with Crippen molar-refractivity contribution in [1.29, 1.82) is 0 Å². The number of nitrogen functional groups attached to an aromatic ring is 1. The van der Waals surface area contributed by atoms with Gasteiger partial charge in [0.1, 0.15) is 17.5 Å². The number of aryl methyl sites for hydroxylation is 1. The van der Waals surface area contributed by atoms with Gasteiger partial charge in [0, 0.05) is 11.3 Å². The van der Waals surface area contributed by atoms with Crippen LogP contribution in [0, 0.1) is 18.6 Å². The lowest BCUT2D eigenvalue weighted by molar-refractivity contribution is 0.577. The first-order valence-corrected chi connectivity index (χ1v) is 6.21. The highest BCUT2D eigenvalue weighted by molar-refractivity contribution is 5.79. The van der Waals surface area contributed by atoms with Crippen molar-refractivity contribution in [2.45, 2.75) is 13.5 Å². The fourth-order valence-electron chi connectivity index (χ4n) is 2.30. The minimum atomic E-state index is -0.451. The first-order chi connectivity index (χ1) is 9.54. The molecule has 5 heteroatoms. The van der Waals surface area contributed by atoms with Gasteiger partial charge in [-0.25, -0.2) is 13.8 Å². The summed E-state index contributed by atoms with van der Waals surface area (Å²) in [5.74, 6) is -0.148. The Hall–Kier alpha value is -2.43. The summed E-state index contributed by atoms with van der Waals surface area (Å²) >= 11 is 0. The smallest absolute Gasteiger partial charge is 0.128 e. The van der Waals surface area contributed by atoms with E-state index in [2.05, 4.69) is 4.98 Å². The molecule has 1 heterocycles. The third-order valence-corrected chi connectivity index (χ3v) is 3.30. The van der Waals surface area contributed by atoms with Crippen LogP contribution in [0.4, 0.5) is 14.5 Å². The lowest BCUT2D eigenvalue weighted by Crippen LogP contribution is -2.04. The Morgan fingerprint density at radius 3 is 2.75 bits per heavy atom. The number of anilines is 1. The summed E-state index contributed by atoms with van der Waals surface area (Å²) in [6.45, 7) is 2.06. The molecule has 0 amide bonds. The first kappa shape index (κ1) is 12.6. The van der Waals surface area contributed by atoms with Gasteiger partial charge in [0.15, 0.2) is 0 Å². The Balaban J connectivity index is 2.10. The van der Waals surface area contributed by atoms with E-state index >= 15 is 0 Å². The molecule has 3 aromatic rings. The van der Waals surface area contributed by atoms with Crippen molar-refractivity contribution < 1.29 is 8.78 Å². The zero-order chi connectivity index (χ0) is 14.3. The maximum absolute atomic E-state index is 13.7. The summed E-state index contributed by atoms with van der Waals surface area (Å²) in [5.41, 5.74) is 8.24. The molecule has 2 aromatic carbocycles. The molecule has 1 aromatic heterocycles. The average molecular weight is 273 g/mol. The Morgan fingerprint density at radius 2 is 1.95 bits per heavy atom. The monoisotopic (exact) mass is 273 g/mol. The SMILES string of the molecule is Cc1nc2cc(N)ccc2n1Cc1cc(F)ccc1F. The van der Waals surface area contributed by atoms with Crippen molar-refractivity contribution in [3.63, 3.8) is 0 Å². The van der Waals surface area contributed by atoms with Gasteiger partial charge in [-0.15, -0.1) is 0 Å². The van der Waals surface area contributed by atoms with Crippen molar-refractivity contribution in [2.24, 2.45) is 0 Å². The van der Waals surface area contributed by atoms with E-state index in [1.54, 1.807) is 12.1 Å². The largest absolute Gasteiger partial charge is 0.399 e. The van der Waals surface area contributed by atoms with Crippen molar-refractivity contribution in [1.82, 2.24) is 9.55 Å². The molecule has 0 fully saturated rings. The number of rotatable bonds is 2. The number of imidazole rings is 1. The molecule has 0 spiro atoms. The zero-order valence-corrected chi connectivity index (χ0v) is 10.9. The van der Waals surface area contributed by atoms with E-state index in [0.29, 0.717) is 11.3 Å². The van der Waals surface area contributed by atoms with Gasteiger partial charge in [-0.3, -0.25) is 0 Å². The molecule has 102 valence electrons. The van der Waals surface area contributed by atoms with Gasteiger partial charge in [0.2, 0.25) is 0 Å². The average Bonchev–Trinajstić information content (AvgIpc) is 2.69. The molecule has 3 rings (SSSR count). The predicted octanol–water partition coefficient (Wildman–Crippen LogP) is 3.25. The van der Waals surface area contributed by atoms with E-state index in [9.17, 15) is 8.78 Å². The number of aromatic nitrogens is 2. The first-order valence-electron chi connectivity index (χ1n) is 6.21. The number of hydrogen-bond donors (Lipinski definition) is 1. The molecule has 3 nitrogen and oxygen atoms in total. The summed E-state index contributed by atoms with van der Waals surface area (Å²) < 4.78 is 28.8. The number of hydrogen-bond acceptors (Lipinski definition) is 2. The Bertz CT molecular complexity index is 793. The second-order valence-corrected chi connectivity index (χ2v) is 4.73. The topological polar surface area (TPSA) is 43.8 Å². The quantitative estimate of drug-likeness (QED) is 0.728. The van der Waals surface area contributed by atoms with Crippen molar-refractivity contribution >= 4 is 16.7 Å². The summed E-state index contributed by atoms with van der Waals surface area (Å²) in [6, 6.07) is 8.82. The Kier molecular flexibility index (Phi) is 2.89. The van der Waals surface area contributed by atoms with Crippen LogP contribution < -0.4 is 5.73 Å². The predicted molar refractivity (Wildman–Crippen MR) is 74.3 cm³/mol. The highest BCUT2D eigenvalue weighted by Gasteiger charge is 2.11. The van der Waals surface area contributed by atoms with Crippen molar-refractivity contribution in [2.75, 3.05) is 5.73 Å². The van der Waals surface area contributed by atoms with Gasteiger partial charge in [-0.1, -0.05) is 0 Å². The molecule has 0 aliphatic heterocycles. The maximum atomic E-state index is 13.7. The zero-order valence-electron chi connectivity index (χ0n) is 10.9. The van der Waals surface area contributed by atoms with Crippen molar-refractivity contribution in [3.8, 4) is 0 Å². The van der Waals surface area contributed by atoms with Gasteiger partial charge in [0.25, 0.3) is 0 Å². The molecule has 0 aliphatic carbocycles. The van der Waals surface area contributed by atoms with E-state index < -0.39 is 11.6 Å². The minimum absolute atomic E-state index is 0.232. The van der Waals surface area contributed by atoms with Crippen LogP contribution in [-0.4, -0.2) is 9.55 Å². The minimum Gasteiger partial charge on any atom is -0.399 e. The Labute approximate surface area is 114 Å². The number of halogens is 2. The fourth-order valence-corrected chi connectivity index (χ4v) is 2.30. The van der Waals surface area contributed by atoms with E-state index in [0.717, 1.165) is 29.0 Å². The number of benzene rings is 2. The Morgan fingerprint density at radius 1 is 1.15 bits per heavy atom. The van der Waals surface area contributed by atoms with E-state index in [-0.39, 0.29) is 6.54 Å². The number of nitrogens with two attached hydrogens (primary N) is 1. The molecule has 0 unspecified atom stereocenters. The fraction of sp³-hybridized carbons (Fsp3) is 0.133. The van der Waals surface area contributed by atoms with Gasteiger partial charge >= 0.3 is 0 Å². The summed E-state index contributed by atoms with van der Waals surface area (Å²) in [5, 5.41) is 0. The van der Waals surface area contributed by atoms with Gasteiger partial charge in [-0.05, 0) is 43.3 Å². The molecule has 0 radical (unpaired) electrons. The summed E-state index contributed by atoms with van der Waals surface area (Å²) in [7, 11) is 0. The van der Waals surface area contributed by atoms with Gasteiger partial charge in [-0.2, -0.15) is 0 Å². The van der Waals surface area contributed by atoms with Crippen LogP contribution >= 0.6 is 0 Å². The summed E-state index contributed by atoms with van der Waals surface area (Å²) in [4.78, 5) is 4.39. The van der Waals surface area contributed by atoms with Crippen LogP contribution in [0.2, 0.25) is 0 Å². The van der Waals surface area contributed by atoms with Crippen LogP contribution in [-0.2, 0) is 6.54 Å². The molecule has 20 heavy (non-hydrogen) atoms. The standard InChI is InChI=1S/C15H13F2N3/c1-9-19-14-7-12(18)3-5-15(14)20(9)8-10-6-11(16)2-4-13(10)17/h2-7H,8,18H2,1H3. The van der Waals surface area contributed by atoms with Crippen LogP contribution in [0.15, 0.2) is 36.4 Å². The second kappa shape index (κ2) is 4.59. The molecule has 0 saturated heterocycles. The molecular formula is C15H13F2N3. The van der Waals surface area contributed by atoms with E-state index in [4.69, 9.17) is 5.73 Å². The van der Waals surface area contributed by atoms with Crippen LogP contribution in [0.5, 0.6) is 0 Å². The molecule has 0 atom stereocenters.